The maximum atomic E-state index is 12.7. The number of halogens is 1. The minimum atomic E-state index is -0.0261. The fourth-order valence-electron chi connectivity index (χ4n) is 2.75. The van der Waals surface area contributed by atoms with E-state index in [0.717, 1.165) is 31.5 Å². The van der Waals surface area contributed by atoms with Crippen molar-refractivity contribution in [3.05, 3.63) is 39.4 Å². The molecular formula is C14H16ClN3O. The van der Waals surface area contributed by atoms with Crippen LogP contribution in [0.1, 0.15) is 24.4 Å². The number of piperidine rings is 1. The average molecular weight is 278 g/mol. The number of hydrogen-bond donors (Lipinski definition) is 1. The van der Waals surface area contributed by atoms with E-state index in [1.807, 2.05) is 25.1 Å². The predicted octanol–water partition coefficient (Wildman–Crippen LogP) is 2.28. The van der Waals surface area contributed by atoms with Crippen molar-refractivity contribution in [3.8, 4) is 0 Å². The Balaban J connectivity index is 2.24. The van der Waals surface area contributed by atoms with Crippen molar-refractivity contribution in [2.45, 2.75) is 25.8 Å². The second-order valence-corrected chi connectivity index (χ2v) is 5.36. The van der Waals surface area contributed by atoms with E-state index >= 15 is 0 Å². The average Bonchev–Trinajstić information content (AvgIpc) is 2.39. The molecule has 1 aliphatic rings. The third-order valence-electron chi connectivity index (χ3n) is 3.73. The van der Waals surface area contributed by atoms with Crippen molar-refractivity contribution in [2.24, 2.45) is 0 Å². The zero-order chi connectivity index (χ0) is 13.4. The maximum absolute atomic E-state index is 12.7. The van der Waals surface area contributed by atoms with E-state index in [2.05, 4.69) is 10.3 Å². The second kappa shape index (κ2) is 4.94. The molecule has 4 nitrogen and oxygen atoms in total. The Morgan fingerprint density at radius 1 is 1.47 bits per heavy atom. The summed E-state index contributed by atoms with van der Waals surface area (Å²) >= 11 is 6.22. The zero-order valence-electron chi connectivity index (χ0n) is 10.8. The summed E-state index contributed by atoms with van der Waals surface area (Å²) in [6.07, 6.45) is 2.02. The summed E-state index contributed by atoms with van der Waals surface area (Å²) in [4.78, 5) is 17.1. The first kappa shape index (κ1) is 12.6. The number of benzene rings is 1. The minimum Gasteiger partial charge on any atom is -0.315 e. The van der Waals surface area contributed by atoms with Crippen molar-refractivity contribution in [1.82, 2.24) is 14.9 Å². The lowest BCUT2D eigenvalue weighted by Crippen LogP contribution is -2.37. The van der Waals surface area contributed by atoms with Crippen molar-refractivity contribution in [3.63, 3.8) is 0 Å². The van der Waals surface area contributed by atoms with E-state index in [1.54, 1.807) is 4.57 Å². The van der Waals surface area contributed by atoms with Gasteiger partial charge in [-0.15, -0.1) is 0 Å². The fraction of sp³-hybridized carbons (Fsp3) is 0.429. The van der Waals surface area contributed by atoms with Crippen LogP contribution < -0.4 is 10.9 Å². The SMILES string of the molecule is Cc1cccc2nc(Cl)n(C3CCCNC3)c(=O)c12. The predicted molar refractivity (Wildman–Crippen MR) is 76.9 cm³/mol. The Bertz CT molecular complexity index is 674. The number of aryl methyl sites for hydroxylation is 1. The molecule has 2 aromatic rings. The van der Waals surface area contributed by atoms with Gasteiger partial charge < -0.3 is 5.32 Å². The molecule has 0 spiro atoms. The van der Waals surface area contributed by atoms with Crippen LogP contribution in [0.5, 0.6) is 0 Å². The number of fused-ring (bicyclic) bond motifs is 1. The highest BCUT2D eigenvalue weighted by Crippen LogP contribution is 2.21. The molecule has 1 N–H and O–H groups in total. The number of hydrogen-bond acceptors (Lipinski definition) is 3. The molecule has 0 saturated carbocycles. The molecule has 100 valence electrons. The molecule has 0 amide bonds. The van der Waals surface area contributed by atoms with Gasteiger partial charge in [-0.3, -0.25) is 9.36 Å². The molecule has 1 fully saturated rings. The van der Waals surface area contributed by atoms with Gasteiger partial charge >= 0.3 is 0 Å². The topological polar surface area (TPSA) is 46.9 Å². The highest BCUT2D eigenvalue weighted by atomic mass is 35.5. The summed E-state index contributed by atoms with van der Waals surface area (Å²) in [6.45, 7) is 3.71. The Morgan fingerprint density at radius 2 is 2.32 bits per heavy atom. The molecule has 1 unspecified atom stereocenters. The first-order chi connectivity index (χ1) is 9.18. The molecule has 1 aromatic carbocycles. The summed E-state index contributed by atoms with van der Waals surface area (Å²) in [5, 5.41) is 4.27. The Hall–Kier alpha value is -1.39. The molecule has 1 saturated heterocycles. The summed E-state index contributed by atoms with van der Waals surface area (Å²) in [5.74, 6) is 0. The summed E-state index contributed by atoms with van der Waals surface area (Å²) in [6, 6.07) is 5.76. The third-order valence-corrected chi connectivity index (χ3v) is 4.00. The van der Waals surface area contributed by atoms with Crippen LogP contribution in [-0.2, 0) is 0 Å². The third kappa shape index (κ3) is 2.15. The molecule has 2 heterocycles. The van der Waals surface area contributed by atoms with Crippen LogP contribution in [0.2, 0.25) is 5.28 Å². The van der Waals surface area contributed by atoms with Gasteiger partial charge in [0.25, 0.3) is 5.56 Å². The van der Waals surface area contributed by atoms with Gasteiger partial charge in [-0.25, -0.2) is 4.98 Å². The number of rotatable bonds is 1. The Morgan fingerprint density at radius 3 is 3.05 bits per heavy atom. The maximum Gasteiger partial charge on any atom is 0.262 e. The number of aromatic nitrogens is 2. The van der Waals surface area contributed by atoms with Gasteiger partial charge in [0.2, 0.25) is 5.28 Å². The van der Waals surface area contributed by atoms with E-state index in [4.69, 9.17) is 11.6 Å². The quantitative estimate of drug-likeness (QED) is 0.814. The largest absolute Gasteiger partial charge is 0.315 e. The molecule has 0 aliphatic carbocycles. The zero-order valence-corrected chi connectivity index (χ0v) is 11.6. The molecule has 0 bridgehead atoms. The van der Waals surface area contributed by atoms with Gasteiger partial charge in [-0.2, -0.15) is 0 Å². The van der Waals surface area contributed by atoms with E-state index in [0.29, 0.717) is 10.9 Å². The van der Waals surface area contributed by atoms with Crippen molar-refractivity contribution < 1.29 is 0 Å². The summed E-state index contributed by atoms with van der Waals surface area (Å²) in [7, 11) is 0. The normalized spacial score (nSPS) is 19.8. The van der Waals surface area contributed by atoms with Crippen LogP contribution in [0.15, 0.2) is 23.0 Å². The van der Waals surface area contributed by atoms with Gasteiger partial charge in [0.1, 0.15) is 0 Å². The first-order valence-corrected chi connectivity index (χ1v) is 6.94. The number of nitrogens with zero attached hydrogens (tertiary/aromatic N) is 2. The highest BCUT2D eigenvalue weighted by Gasteiger charge is 2.21. The van der Waals surface area contributed by atoms with Crippen LogP contribution in [-0.4, -0.2) is 22.6 Å². The molecule has 3 rings (SSSR count). The van der Waals surface area contributed by atoms with Crippen LogP contribution in [0.3, 0.4) is 0 Å². The van der Waals surface area contributed by atoms with Crippen molar-refractivity contribution >= 4 is 22.5 Å². The standard InChI is InChI=1S/C14H16ClN3O/c1-9-4-2-6-11-12(9)13(19)18(14(15)17-11)10-5-3-7-16-8-10/h2,4,6,10,16H,3,5,7-8H2,1H3. The van der Waals surface area contributed by atoms with Gasteiger partial charge in [0.15, 0.2) is 0 Å². The van der Waals surface area contributed by atoms with Gasteiger partial charge in [-0.05, 0) is 49.5 Å². The van der Waals surface area contributed by atoms with Crippen LogP contribution in [0, 0.1) is 6.92 Å². The first-order valence-electron chi connectivity index (χ1n) is 6.56. The minimum absolute atomic E-state index is 0.0261. The highest BCUT2D eigenvalue weighted by molar-refractivity contribution is 6.28. The fourth-order valence-corrected chi connectivity index (χ4v) is 3.06. The summed E-state index contributed by atoms with van der Waals surface area (Å²) in [5.41, 5.74) is 1.60. The Kier molecular flexibility index (Phi) is 3.29. The molecule has 5 heteroatoms. The van der Waals surface area contributed by atoms with Crippen LogP contribution >= 0.6 is 11.6 Å². The van der Waals surface area contributed by atoms with Gasteiger partial charge in [0.05, 0.1) is 16.9 Å². The van der Waals surface area contributed by atoms with E-state index < -0.39 is 0 Å². The number of nitrogens with one attached hydrogen (secondary N) is 1. The molecule has 1 aromatic heterocycles. The Labute approximate surface area is 116 Å². The lowest BCUT2D eigenvalue weighted by molar-refractivity contribution is 0.363. The lowest BCUT2D eigenvalue weighted by Gasteiger charge is -2.25. The van der Waals surface area contributed by atoms with Crippen LogP contribution in [0.25, 0.3) is 10.9 Å². The molecular weight excluding hydrogens is 262 g/mol. The van der Waals surface area contributed by atoms with E-state index in [-0.39, 0.29) is 16.9 Å². The molecule has 19 heavy (non-hydrogen) atoms. The van der Waals surface area contributed by atoms with Crippen molar-refractivity contribution in [1.29, 1.82) is 0 Å². The molecule has 1 atom stereocenters. The molecule has 0 radical (unpaired) electrons. The molecule has 1 aliphatic heterocycles. The second-order valence-electron chi connectivity index (χ2n) is 5.03. The van der Waals surface area contributed by atoms with Crippen molar-refractivity contribution in [2.75, 3.05) is 13.1 Å². The monoisotopic (exact) mass is 277 g/mol. The summed E-state index contributed by atoms with van der Waals surface area (Å²) < 4.78 is 1.64. The smallest absolute Gasteiger partial charge is 0.262 e. The van der Waals surface area contributed by atoms with Gasteiger partial charge in [-0.1, -0.05) is 12.1 Å². The van der Waals surface area contributed by atoms with E-state index in [1.165, 1.54) is 0 Å². The van der Waals surface area contributed by atoms with E-state index in [9.17, 15) is 4.79 Å². The van der Waals surface area contributed by atoms with Crippen LogP contribution in [0.4, 0.5) is 0 Å². The van der Waals surface area contributed by atoms with Gasteiger partial charge in [0, 0.05) is 6.54 Å². The lowest BCUT2D eigenvalue weighted by atomic mass is 10.1.